The van der Waals surface area contributed by atoms with Crippen molar-refractivity contribution in [3.05, 3.63) is 34.9 Å². The minimum Gasteiger partial charge on any atom is -0.328 e. The Bertz CT molecular complexity index is 439. The van der Waals surface area contributed by atoms with Crippen LogP contribution in [0.2, 0.25) is 0 Å². The lowest BCUT2D eigenvalue weighted by Crippen LogP contribution is -2.41. The Labute approximate surface area is 117 Å². The molecule has 0 bridgehead atoms. The first-order chi connectivity index (χ1) is 9.22. The van der Waals surface area contributed by atoms with Gasteiger partial charge in [-0.1, -0.05) is 18.2 Å². The van der Waals surface area contributed by atoms with E-state index in [4.69, 9.17) is 5.73 Å². The Morgan fingerprint density at radius 1 is 1.26 bits per heavy atom. The molecule has 1 fully saturated rings. The Morgan fingerprint density at radius 2 is 2.11 bits per heavy atom. The summed E-state index contributed by atoms with van der Waals surface area (Å²) in [5.74, 6) is 0.683. The van der Waals surface area contributed by atoms with Crippen LogP contribution in [-0.4, -0.2) is 24.0 Å². The summed E-state index contributed by atoms with van der Waals surface area (Å²) in [6.45, 7) is 5.68. The van der Waals surface area contributed by atoms with E-state index in [9.17, 15) is 0 Å². The van der Waals surface area contributed by atoms with E-state index in [0.717, 1.165) is 6.54 Å². The second-order valence-electron chi connectivity index (χ2n) is 6.45. The average molecular weight is 258 g/mol. The molecule has 1 aromatic carbocycles. The normalized spacial score (nSPS) is 25.3. The molecule has 0 saturated carbocycles. The fourth-order valence-corrected chi connectivity index (χ4v) is 3.65. The first-order valence-electron chi connectivity index (χ1n) is 7.81. The smallest absolute Gasteiger partial charge is 0.0233 e. The molecular weight excluding hydrogens is 232 g/mol. The first-order valence-corrected chi connectivity index (χ1v) is 7.81. The molecule has 104 valence electrons. The zero-order chi connectivity index (χ0) is 13.2. The maximum atomic E-state index is 6.07. The molecule has 0 radical (unpaired) electrons. The average Bonchev–Trinajstić information content (AvgIpc) is 2.86. The van der Waals surface area contributed by atoms with Gasteiger partial charge in [0.05, 0.1) is 0 Å². The molecule has 2 aliphatic rings. The fourth-order valence-electron chi connectivity index (χ4n) is 3.65. The van der Waals surface area contributed by atoms with Crippen LogP contribution >= 0.6 is 0 Å². The lowest BCUT2D eigenvalue weighted by Gasteiger charge is -2.34. The molecule has 2 N–H and O–H groups in total. The molecule has 2 nitrogen and oxygen atoms in total. The van der Waals surface area contributed by atoms with Gasteiger partial charge in [-0.05, 0) is 68.2 Å². The monoisotopic (exact) mass is 258 g/mol. The molecule has 1 aliphatic heterocycles. The zero-order valence-corrected chi connectivity index (χ0v) is 12.1. The van der Waals surface area contributed by atoms with Gasteiger partial charge >= 0.3 is 0 Å². The number of nitrogens with two attached hydrogens (primary N) is 1. The summed E-state index contributed by atoms with van der Waals surface area (Å²) < 4.78 is 0. The van der Waals surface area contributed by atoms with E-state index >= 15 is 0 Å². The molecule has 1 aromatic rings. The van der Waals surface area contributed by atoms with Gasteiger partial charge in [-0.15, -0.1) is 0 Å². The van der Waals surface area contributed by atoms with Crippen molar-refractivity contribution in [1.29, 1.82) is 0 Å². The second-order valence-corrected chi connectivity index (χ2v) is 6.45. The molecule has 2 unspecified atom stereocenters. The summed E-state index contributed by atoms with van der Waals surface area (Å²) in [7, 11) is 0. The fraction of sp³-hybridized carbons (Fsp3) is 0.647. The molecule has 2 atom stereocenters. The maximum Gasteiger partial charge on any atom is 0.0233 e. The van der Waals surface area contributed by atoms with Gasteiger partial charge in [-0.2, -0.15) is 0 Å². The van der Waals surface area contributed by atoms with Crippen LogP contribution in [0.3, 0.4) is 0 Å². The third-order valence-electron chi connectivity index (χ3n) is 4.85. The lowest BCUT2D eigenvalue weighted by molar-refractivity contribution is 0.154. The number of rotatable bonds is 3. The van der Waals surface area contributed by atoms with Crippen LogP contribution in [0, 0.1) is 5.92 Å². The van der Waals surface area contributed by atoms with Gasteiger partial charge in [0.25, 0.3) is 0 Å². The van der Waals surface area contributed by atoms with Crippen molar-refractivity contribution in [3.8, 4) is 0 Å². The lowest BCUT2D eigenvalue weighted by atomic mass is 9.92. The number of hydrogen-bond donors (Lipinski definition) is 1. The number of benzene rings is 1. The van der Waals surface area contributed by atoms with Crippen LogP contribution < -0.4 is 5.73 Å². The SMILES string of the molecule is CC(N)C1CCCN(Cc2ccc3c(c2)CCC3)C1. The number of fused-ring (bicyclic) bond motifs is 1. The third-order valence-corrected chi connectivity index (χ3v) is 4.85. The standard InChI is InChI=1S/C17H26N2/c1-13(18)17-6-3-9-19(12-17)11-14-7-8-15-4-2-5-16(15)10-14/h7-8,10,13,17H,2-6,9,11-12,18H2,1H3. The van der Waals surface area contributed by atoms with Gasteiger partial charge in [0.15, 0.2) is 0 Å². The van der Waals surface area contributed by atoms with E-state index in [0.29, 0.717) is 12.0 Å². The highest BCUT2D eigenvalue weighted by Gasteiger charge is 2.22. The summed E-state index contributed by atoms with van der Waals surface area (Å²) in [5.41, 5.74) is 10.7. The maximum absolute atomic E-state index is 6.07. The van der Waals surface area contributed by atoms with Crippen molar-refractivity contribution >= 4 is 0 Å². The first kappa shape index (κ1) is 13.1. The summed E-state index contributed by atoms with van der Waals surface area (Å²) in [6.07, 6.45) is 6.52. The van der Waals surface area contributed by atoms with E-state index in [1.807, 2.05) is 0 Å². The van der Waals surface area contributed by atoms with Crippen molar-refractivity contribution in [2.75, 3.05) is 13.1 Å². The molecule has 1 saturated heterocycles. The number of piperidine rings is 1. The minimum atomic E-state index is 0.336. The van der Waals surface area contributed by atoms with E-state index in [1.165, 1.54) is 50.8 Å². The van der Waals surface area contributed by atoms with Crippen molar-refractivity contribution in [2.24, 2.45) is 11.7 Å². The van der Waals surface area contributed by atoms with E-state index in [2.05, 4.69) is 30.0 Å². The summed E-state index contributed by atoms with van der Waals surface area (Å²) in [6, 6.07) is 7.46. The van der Waals surface area contributed by atoms with E-state index in [-0.39, 0.29) is 0 Å². The van der Waals surface area contributed by atoms with Gasteiger partial charge in [0.1, 0.15) is 0 Å². The molecular formula is C17H26N2. The van der Waals surface area contributed by atoms with Gasteiger partial charge in [0.2, 0.25) is 0 Å². The number of likely N-dealkylation sites (tertiary alicyclic amines) is 1. The molecule has 2 heteroatoms. The van der Waals surface area contributed by atoms with Crippen LogP contribution in [0.25, 0.3) is 0 Å². The Morgan fingerprint density at radius 3 is 2.95 bits per heavy atom. The number of nitrogens with zero attached hydrogens (tertiary/aromatic N) is 1. The summed E-state index contributed by atoms with van der Waals surface area (Å²) >= 11 is 0. The van der Waals surface area contributed by atoms with Crippen molar-refractivity contribution < 1.29 is 0 Å². The third kappa shape index (κ3) is 3.01. The Hall–Kier alpha value is -0.860. The largest absolute Gasteiger partial charge is 0.328 e. The molecule has 1 heterocycles. The van der Waals surface area contributed by atoms with Crippen molar-refractivity contribution in [2.45, 2.75) is 51.6 Å². The van der Waals surface area contributed by atoms with Gasteiger partial charge in [0, 0.05) is 19.1 Å². The van der Waals surface area contributed by atoms with Crippen LogP contribution in [0.4, 0.5) is 0 Å². The number of aryl methyl sites for hydroxylation is 2. The number of hydrogen-bond acceptors (Lipinski definition) is 2. The highest BCUT2D eigenvalue weighted by Crippen LogP contribution is 2.25. The molecule has 1 aliphatic carbocycles. The van der Waals surface area contributed by atoms with Crippen LogP contribution in [0.5, 0.6) is 0 Å². The van der Waals surface area contributed by atoms with Gasteiger partial charge in [-0.3, -0.25) is 4.90 Å². The quantitative estimate of drug-likeness (QED) is 0.903. The Balaban J connectivity index is 1.64. The minimum absolute atomic E-state index is 0.336. The second kappa shape index (κ2) is 5.64. The zero-order valence-electron chi connectivity index (χ0n) is 12.1. The molecule has 3 rings (SSSR count). The van der Waals surface area contributed by atoms with Crippen LogP contribution in [-0.2, 0) is 19.4 Å². The topological polar surface area (TPSA) is 29.3 Å². The van der Waals surface area contributed by atoms with Gasteiger partial charge < -0.3 is 5.73 Å². The predicted molar refractivity (Wildman–Crippen MR) is 80.1 cm³/mol. The molecule has 0 aromatic heterocycles. The van der Waals surface area contributed by atoms with Gasteiger partial charge in [-0.25, -0.2) is 0 Å². The van der Waals surface area contributed by atoms with E-state index in [1.54, 1.807) is 11.1 Å². The van der Waals surface area contributed by atoms with Crippen LogP contribution in [0.15, 0.2) is 18.2 Å². The van der Waals surface area contributed by atoms with Crippen LogP contribution in [0.1, 0.15) is 42.9 Å². The summed E-state index contributed by atoms with van der Waals surface area (Å²) in [5, 5.41) is 0. The summed E-state index contributed by atoms with van der Waals surface area (Å²) in [4.78, 5) is 2.59. The molecule has 0 spiro atoms. The highest BCUT2D eigenvalue weighted by molar-refractivity contribution is 5.35. The van der Waals surface area contributed by atoms with E-state index < -0.39 is 0 Å². The predicted octanol–water partition coefficient (Wildman–Crippen LogP) is 2.73. The Kier molecular flexibility index (Phi) is 3.90. The van der Waals surface area contributed by atoms with Crippen molar-refractivity contribution in [1.82, 2.24) is 4.90 Å². The van der Waals surface area contributed by atoms with Crippen molar-refractivity contribution in [3.63, 3.8) is 0 Å². The molecule has 19 heavy (non-hydrogen) atoms. The highest BCUT2D eigenvalue weighted by atomic mass is 15.1. The molecule has 0 amide bonds.